The van der Waals surface area contributed by atoms with Crippen molar-refractivity contribution in [1.82, 2.24) is 21.3 Å². The highest BCUT2D eigenvalue weighted by molar-refractivity contribution is 5.97. The topological polar surface area (TPSA) is 315 Å². The van der Waals surface area contributed by atoms with Gasteiger partial charge in [-0.25, -0.2) is 9.59 Å². The lowest BCUT2D eigenvalue weighted by Crippen LogP contribution is -2.82. The third-order valence-electron chi connectivity index (χ3n) is 16.9. The number of rotatable bonds is 24. The summed E-state index contributed by atoms with van der Waals surface area (Å²) in [7, 11) is 3.78. The highest BCUT2D eigenvalue weighted by Gasteiger charge is 2.78. The molecular weight excluding hydrogens is 1100 g/mol. The first kappa shape index (κ1) is 66.6. The Hall–Kier alpha value is -7.50. The van der Waals surface area contributed by atoms with Crippen molar-refractivity contribution >= 4 is 59.5 Å². The van der Waals surface area contributed by atoms with Gasteiger partial charge in [0.2, 0.25) is 12.0 Å². The number of nitrogens with one attached hydrogen (secondary N) is 4. The average molecular weight is 1180 g/mol. The molecule has 2 saturated carbocycles. The molecule has 3 aliphatic carbocycles. The number of fused-ring (bicyclic) bond motifs is 5. The smallest absolute Gasteiger partial charge is 0.350 e. The van der Waals surface area contributed by atoms with Crippen molar-refractivity contribution in [1.29, 1.82) is 0 Å². The van der Waals surface area contributed by atoms with E-state index < -0.39 is 131 Å². The van der Waals surface area contributed by atoms with Gasteiger partial charge in [-0.3, -0.25) is 33.6 Å². The number of aliphatic hydroxyl groups excluding tert-OH is 1. The van der Waals surface area contributed by atoms with E-state index in [1.807, 2.05) is 14.1 Å². The number of hydrogen-bond acceptors (Lipinski definition) is 20. The first-order valence-electron chi connectivity index (χ1n) is 28.6. The highest BCUT2D eigenvalue weighted by atomic mass is 16.6. The van der Waals surface area contributed by atoms with Gasteiger partial charge < -0.3 is 64.7 Å². The van der Waals surface area contributed by atoms with Gasteiger partial charge in [-0.05, 0) is 102 Å². The number of unbranched alkanes of at least 4 members (excludes halogenated alkanes) is 2. The Balaban J connectivity index is 0.000000866. The summed E-state index contributed by atoms with van der Waals surface area (Å²) >= 11 is 0. The van der Waals surface area contributed by atoms with Gasteiger partial charge in [0, 0.05) is 50.5 Å². The number of aldehydes is 1. The average Bonchev–Trinajstić information content (AvgIpc) is 0.686. The Morgan fingerprint density at radius 2 is 1.44 bits per heavy atom. The van der Waals surface area contributed by atoms with Crippen molar-refractivity contribution in [2.24, 2.45) is 16.7 Å². The van der Waals surface area contributed by atoms with Gasteiger partial charge >= 0.3 is 29.8 Å². The fraction of sp³-hybridized carbons (Fsp3) is 0.524. The number of esters is 5. The molecule has 0 radical (unpaired) electrons. The zero-order valence-corrected chi connectivity index (χ0v) is 49.6. The van der Waals surface area contributed by atoms with Crippen LogP contribution in [-0.4, -0.2) is 157 Å². The summed E-state index contributed by atoms with van der Waals surface area (Å²) in [5, 5.41) is 37.4. The summed E-state index contributed by atoms with van der Waals surface area (Å²) in [5.41, 5.74) is -7.79. The van der Waals surface area contributed by atoms with Crippen LogP contribution in [0, 0.1) is 16.7 Å². The van der Waals surface area contributed by atoms with Crippen molar-refractivity contribution in [2.75, 3.05) is 33.8 Å². The molecular formula is C63H80N4O18. The number of benzene rings is 3. The van der Waals surface area contributed by atoms with Crippen molar-refractivity contribution in [3.8, 4) is 0 Å². The summed E-state index contributed by atoms with van der Waals surface area (Å²) in [6, 6.07) is 22.2. The van der Waals surface area contributed by atoms with Crippen LogP contribution in [0.15, 0.2) is 102 Å². The molecule has 460 valence electrons. The quantitative estimate of drug-likeness (QED) is 0.0239. The summed E-state index contributed by atoms with van der Waals surface area (Å²) in [5.74, 6) is -8.79. The molecule has 3 fully saturated rings. The summed E-state index contributed by atoms with van der Waals surface area (Å²) in [4.78, 5) is 134. The van der Waals surface area contributed by atoms with Gasteiger partial charge in [-0.1, -0.05) is 87.0 Å². The number of aliphatic hydroxyl groups is 2. The van der Waals surface area contributed by atoms with E-state index in [1.165, 1.54) is 52.0 Å². The fourth-order valence-corrected chi connectivity index (χ4v) is 12.3. The number of ether oxygens (including phenoxy) is 6. The van der Waals surface area contributed by atoms with Crippen LogP contribution in [0.3, 0.4) is 0 Å². The van der Waals surface area contributed by atoms with Crippen molar-refractivity contribution < 1.29 is 86.6 Å². The Labute approximate surface area is 494 Å². The molecule has 22 nitrogen and oxygen atoms in total. The third-order valence-corrected chi connectivity index (χ3v) is 16.9. The number of amides is 2. The zero-order chi connectivity index (χ0) is 62.4. The molecule has 3 aromatic carbocycles. The van der Waals surface area contributed by atoms with Crippen LogP contribution >= 0.6 is 0 Å². The number of hydrogen-bond donors (Lipinski definition) is 6. The summed E-state index contributed by atoms with van der Waals surface area (Å²) in [6.07, 6.45) is -7.09. The maximum Gasteiger partial charge on any atom is 0.350 e. The van der Waals surface area contributed by atoms with E-state index in [9.17, 15) is 48.6 Å². The molecule has 2 amide bonds. The molecule has 7 rings (SSSR count). The second kappa shape index (κ2) is 29.1. The van der Waals surface area contributed by atoms with E-state index in [0.717, 1.165) is 39.7 Å². The fourth-order valence-electron chi connectivity index (χ4n) is 12.3. The molecule has 1 aliphatic heterocycles. The van der Waals surface area contributed by atoms with Gasteiger partial charge in [0.15, 0.2) is 17.5 Å². The predicted octanol–water partition coefficient (Wildman–Crippen LogP) is 4.33. The normalized spacial score (nSPS) is 26.4. The van der Waals surface area contributed by atoms with Crippen molar-refractivity contribution in [2.45, 2.75) is 160 Å². The molecule has 0 spiro atoms. The lowest BCUT2D eigenvalue weighted by atomic mass is 9.44. The van der Waals surface area contributed by atoms with Crippen LogP contribution in [-0.2, 0) is 66.8 Å². The second-order valence-electron chi connectivity index (χ2n) is 22.7. The molecule has 4 aliphatic rings. The monoisotopic (exact) mass is 1180 g/mol. The number of carbonyl (C=O) groups excluding carboxylic acids is 10. The van der Waals surface area contributed by atoms with Gasteiger partial charge in [0.05, 0.1) is 35.6 Å². The molecule has 12 atom stereocenters. The Bertz CT molecular complexity index is 2940. The Morgan fingerprint density at radius 3 is 1.99 bits per heavy atom. The SMILES string of the molecule is CC(=O)O[C@H]1C(=O)[C@@]2(C)[C@H]([C@H](OC(=O)c3ccccc3)[C@]3(O)C[C@H](OC(=O)[C@H](OC(=O)CNC(=O)CCCC=O)[C@@H](NC(=O)c4ccccc4)c4ccccc4)C(C)=C1C3(C)C)[C@]1(OC(C)=O)CO[C@@H]1C[C@@H]2O.CNCCCC[C@@H](NC)C(C)=O. The van der Waals surface area contributed by atoms with E-state index in [2.05, 4.69) is 21.3 Å². The van der Waals surface area contributed by atoms with Crippen LogP contribution in [0.4, 0.5) is 0 Å². The molecule has 85 heavy (non-hydrogen) atoms. The molecule has 0 aromatic heterocycles. The lowest BCUT2D eigenvalue weighted by molar-refractivity contribution is -0.346. The Kier molecular flexibility index (Phi) is 22.8. The van der Waals surface area contributed by atoms with E-state index in [-0.39, 0.29) is 72.0 Å². The van der Waals surface area contributed by atoms with Crippen LogP contribution in [0.25, 0.3) is 0 Å². The molecule has 3 aromatic rings. The number of carbonyl (C=O) groups is 10. The van der Waals surface area contributed by atoms with Gasteiger partial charge in [0.1, 0.15) is 48.6 Å². The standard InChI is InChI=1S/C54H60N2O17.C9H20N2O/c1-30-36(70-50(66)44(71-40(62)28-55-39(61)24-16-17-25-57)42(33-18-10-7-11-19-33)56-48(64)34-20-12-8-13-21-34)27-54(67)47(72-49(65)35-22-14-9-15-23-35)45-52(6,37(60)26-38-53(45,29-68-38)73-32(3)59)46(63)43(69-31(2)58)41(30)51(54,4)5;1-8(12)9(11-3)6-4-5-7-10-2/h7-15,18-23,25,36-38,42-45,47,60,67H,16-17,24,26-29H2,1-6H3,(H,55,61)(H,56,64);9-11H,4-7H2,1-3H3/t36-,37-,38+,42-,43+,44+,45-,47-,52+,53-,54+;9-/m01/s1. The first-order chi connectivity index (χ1) is 40.3. The van der Waals surface area contributed by atoms with E-state index in [1.54, 1.807) is 73.7 Å². The number of likely N-dealkylation sites (N-methyl/N-ethyl adjacent to an activating group) is 1. The number of ketones is 2. The van der Waals surface area contributed by atoms with Crippen LogP contribution in [0.1, 0.15) is 132 Å². The molecule has 2 bridgehead atoms. The van der Waals surface area contributed by atoms with Crippen molar-refractivity contribution in [3.63, 3.8) is 0 Å². The molecule has 1 saturated heterocycles. The Morgan fingerprint density at radius 1 is 0.812 bits per heavy atom. The minimum atomic E-state index is -2.51. The van der Waals surface area contributed by atoms with E-state index in [0.29, 0.717) is 6.29 Å². The lowest BCUT2D eigenvalue weighted by Gasteiger charge is -2.67. The van der Waals surface area contributed by atoms with Gasteiger partial charge in [0.25, 0.3) is 5.91 Å². The minimum Gasteiger partial charge on any atom is -0.455 e. The molecule has 22 heteroatoms. The van der Waals surface area contributed by atoms with Gasteiger partial charge in [-0.15, -0.1) is 0 Å². The van der Waals surface area contributed by atoms with E-state index in [4.69, 9.17) is 28.4 Å². The maximum atomic E-state index is 15.7. The number of Topliss-reactive ketones (excluding diaryl/α,β-unsaturated/α-hetero) is 2. The first-order valence-corrected chi connectivity index (χ1v) is 28.6. The zero-order valence-electron chi connectivity index (χ0n) is 49.6. The second-order valence-corrected chi connectivity index (χ2v) is 22.7. The summed E-state index contributed by atoms with van der Waals surface area (Å²) in [6.45, 7) is 9.63. The largest absolute Gasteiger partial charge is 0.455 e. The minimum absolute atomic E-state index is 0.0214. The van der Waals surface area contributed by atoms with Crippen LogP contribution in [0.5, 0.6) is 0 Å². The highest BCUT2D eigenvalue weighted by Crippen LogP contribution is 2.64. The molecule has 1 heterocycles. The van der Waals surface area contributed by atoms with Crippen LogP contribution < -0.4 is 21.3 Å². The van der Waals surface area contributed by atoms with E-state index >= 15 is 9.59 Å². The van der Waals surface area contributed by atoms with Gasteiger partial charge in [-0.2, -0.15) is 0 Å². The van der Waals surface area contributed by atoms with Crippen molar-refractivity contribution in [3.05, 3.63) is 119 Å². The third kappa shape index (κ3) is 14.8. The maximum absolute atomic E-state index is 15.7. The molecule has 6 N–H and O–H groups in total. The summed E-state index contributed by atoms with van der Waals surface area (Å²) < 4.78 is 36.6. The van der Waals surface area contributed by atoms with Crippen LogP contribution in [0.2, 0.25) is 0 Å². The molecule has 0 unspecified atom stereocenters. The predicted molar refractivity (Wildman–Crippen MR) is 306 cm³/mol.